The molecule has 1 aliphatic carbocycles. The second-order valence-corrected chi connectivity index (χ2v) is 4.97. The Bertz CT molecular complexity index is 549. The lowest BCUT2D eigenvalue weighted by Crippen LogP contribution is -2.14. The van der Waals surface area contributed by atoms with Crippen LogP contribution in [0.25, 0.3) is 11.4 Å². The number of nitrogens with one attached hydrogen (secondary N) is 1. The van der Waals surface area contributed by atoms with E-state index < -0.39 is 0 Å². The Labute approximate surface area is 113 Å². The van der Waals surface area contributed by atoms with E-state index in [1.165, 1.54) is 24.1 Å². The molecule has 3 rings (SSSR count). The van der Waals surface area contributed by atoms with E-state index in [2.05, 4.69) is 17.2 Å². The average Bonchev–Trinajstić information content (AvgIpc) is 2.98. The zero-order valence-electron chi connectivity index (χ0n) is 11.3. The summed E-state index contributed by atoms with van der Waals surface area (Å²) >= 11 is 0. The number of aryl methyl sites for hydroxylation is 1. The molecule has 1 aliphatic rings. The number of anilines is 1. The summed E-state index contributed by atoms with van der Waals surface area (Å²) in [5.41, 5.74) is 3.47. The van der Waals surface area contributed by atoms with Crippen LogP contribution in [0.2, 0.25) is 0 Å². The van der Waals surface area contributed by atoms with Crippen molar-refractivity contribution in [2.24, 2.45) is 0 Å². The maximum atomic E-state index is 5.13. The second kappa shape index (κ2) is 5.43. The molecule has 0 saturated carbocycles. The van der Waals surface area contributed by atoms with Crippen LogP contribution in [0.4, 0.5) is 5.82 Å². The lowest BCUT2D eigenvalue weighted by atomic mass is 9.96. The Kier molecular flexibility index (Phi) is 3.49. The number of nitrogens with zero attached hydrogens (tertiary/aromatic N) is 2. The molecular weight excluding hydrogens is 238 g/mol. The van der Waals surface area contributed by atoms with Gasteiger partial charge in [0.25, 0.3) is 0 Å². The summed E-state index contributed by atoms with van der Waals surface area (Å²) in [7, 11) is 0. The number of hydrogen-bond donors (Lipinski definition) is 1. The van der Waals surface area contributed by atoms with E-state index in [1.807, 2.05) is 6.07 Å². The van der Waals surface area contributed by atoms with Crippen LogP contribution in [0.15, 0.2) is 23.0 Å². The van der Waals surface area contributed by atoms with Crippen LogP contribution in [0.3, 0.4) is 0 Å². The lowest BCUT2D eigenvalue weighted by Gasteiger charge is -2.19. The number of fused-ring (bicyclic) bond motifs is 1. The minimum absolute atomic E-state index is 0.771. The smallest absolute Gasteiger partial charge is 0.165 e. The van der Waals surface area contributed by atoms with Crippen molar-refractivity contribution >= 4 is 5.82 Å². The fourth-order valence-corrected chi connectivity index (χ4v) is 2.50. The molecule has 0 saturated heterocycles. The van der Waals surface area contributed by atoms with Crippen LogP contribution in [-0.4, -0.2) is 16.5 Å². The summed E-state index contributed by atoms with van der Waals surface area (Å²) in [6.45, 7) is 3.12. The summed E-state index contributed by atoms with van der Waals surface area (Å²) in [6.07, 6.45) is 9.08. The summed E-state index contributed by atoms with van der Waals surface area (Å²) < 4.78 is 5.13. The van der Waals surface area contributed by atoms with Crippen molar-refractivity contribution in [1.29, 1.82) is 0 Å². The second-order valence-electron chi connectivity index (χ2n) is 4.97. The third-order valence-corrected chi connectivity index (χ3v) is 3.50. The standard InChI is InChI=1S/C15H19N3O/c1-2-8-16-15-12-5-3-4-6-13(12)17-14(18-15)11-7-9-19-10-11/h7,9-10H,2-6,8H2,1H3,(H,16,17,18). The molecule has 0 unspecified atom stereocenters. The predicted octanol–water partition coefficient (Wildman–Crippen LogP) is 3.44. The molecule has 0 aliphatic heterocycles. The first-order chi connectivity index (χ1) is 9.38. The van der Waals surface area contributed by atoms with E-state index in [-0.39, 0.29) is 0 Å². The van der Waals surface area contributed by atoms with E-state index >= 15 is 0 Å². The molecule has 4 nitrogen and oxygen atoms in total. The van der Waals surface area contributed by atoms with Crippen LogP contribution < -0.4 is 5.32 Å². The fraction of sp³-hybridized carbons (Fsp3) is 0.467. The van der Waals surface area contributed by atoms with Gasteiger partial charge in [-0.1, -0.05) is 6.92 Å². The maximum Gasteiger partial charge on any atom is 0.165 e. The van der Waals surface area contributed by atoms with E-state index in [9.17, 15) is 0 Å². The number of furan rings is 1. The first kappa shape index (κ1) is 12.2. The van der Waals surface area contributed by atoms with Crippen molar-refractivity contribution in [3.63, 3.8) is 0 Å². The van der Waals surface area contributed by atoms with Crippen LogP contribution in [-0.2, 0) is 12.8 Å². The number of rotatable bonds is 4. The van der Waals surface area contributed by atoms with Crippen molar-refractivity contribution in [3.8, 4) is 11.4 Å². The third-order valence-electron chi connectivity index (χ3n) is 3.50. The topological polar surface area (TPSA) is 51.0 Å². The van der Waals surface area contributed by atoms with Crippen molar-refractivity contribution in [1.82, 2.24) is 9.97 Å². The lowest BCUT2D eigenvalue weighted by molar-refractivity contribution is 0.568. The first-order valence-electron chi connectivity index (χ1n) is 7.04. The van der Waals surface area contributed by atoms with Gasteiger partial charge in [0, 0.05) is 17.8 Å². The molecule has 0 aromatic carbocycles. The minimum Gasteiger partial charge on any atom is -0.472 e. The summed E-state index contributed by atoms with van der Waals surface area (Å²) in [5, 5.41) is 3.44. The summed E-state index contributed by atoms with van der Waals surface area (Å²) in [6, 6.07) is 1.91. The zero-order chi connectivity index (χ0) is 13.1. The quantitative estimate of drug-likeness (QED) is 0.911. The van der Waals surface area contributed by atoms with Gasteiger partial charge in [-0.15, -0.1) is 0 Å². The van der Waals surface area contributed by atoms with Crippen LogP contribution in [0.1, 0.15) is 37.4 Å². The maximum absolute atomic E-state index is 5.13. The monoisotopic (exact) mass is 257 g/mol. The molecule has 2 heterocycles. The van der Waals surface area contributed by atoms with Gasteiger partial charge in [-0.3, -0.25) is 0 Å². The fourth-order valence-electron chi connectivity index (χ4n) is 2.50. The Balaban J connectivity index is 2.02. The van der Waals surface area contributed by atoms with Gasteiger partial charge in [0.1, 0.15) is 12.1 Å². The molecule has 4 heteroatoms. The van der Waals surface area contributed by atoms with Crippen molar-refractivity contribution < 1.29 is 4.42 Å². The van der Waals surface area contributed by atoms with Gasteiger partial charge in [-0.25, -0.2) is 9.97 Å². The third kappa shape index (κ3) is 2.48. The molecule has 0 atom stereocenters. The molecule has 19 heavy (non-hydrogen) atoms. The van der Waals surface area contributed by atoms with E-state index in [0.717, 1.165) is 43.0 Å². The summed E-state index contributed by atoms with van der Waals surface area (Å²) in [4.78, 5) is 9.40. The minimum atomic E-state index is 0.771. The molecule has 0 amide bonds. The number of aromatic nitrogens is 2. The van der Waals surface area contributed by atoms with Gasteiger partial charge in [0.15, 0.2) is 5.82 Å². The molecule has 2 aromatic rings. The van der Waals surface area contributed by atoms with Crippen molar-refractivity contribution in [2.45, 2.75) is 39.0 Å². The molecular formula is C15H19N3O. The Morgan fingerprint density at radius 3 is 2.95 bits per heavy atom. The molecule has 2 aromatic heterocycles. The SMILES string of the molecule is CCCNc1nc(-c2ccoc2)nc2c1CCCC2. The highest BCUT2D eigenvalue weighted by Crippen LogP contribution is 2.28. The molecule has 0 spiro atoms. The van der Waals surface area contributed by atoms with E-state index in [1.54, 1.807) is 12.5 Å². The van der Waals surface area contributed by atoms with Crippen LogP contribution in [0, 0.1) is 0 Å². The zero-order valence-corrected chi connectivity index (χ0v) is 11.3. The first-order valence-corrected chi connectivity index (χ1v) is 7.04. The van der Waals surface area contributed by atoms with Crippen LogP contribution >= 0.6 is 0 Å². The Hall–Kier alpha value is -1.84. The highest BCUT2D eigenvalue weighted by atomic mass is 16.3. The molecule has 100 valence electrons. The van der Waals surface area contributed by atoms with Crippen molar-refractivity contribution in [3.05, 3.63) is 29.9 Å². The van der Waals surface area contributed by atoms with Crippen LogP contribution in [0.5, 0.6) is 0 Å². The molecule has 1 N–H and O–H groups in total. The average molecular weight is 257 g/mol. The predicted molar refractivity (Wildman–Crippen MR) is 75.2 cm³/mol. The Morgan fingerprint density at radius 2 is 2.16 bits per heavy atom. The van der Waals surface area contributed by atoms with Gasteiger partial charge < -0.3 is 9.73 Å². The van der Waals surface area contributed by atoms with Gasteiger partial charge in [0.05, 0.1) is 11.8 Å². The largest absolute Gasteiger partial charge is 0.472 e. The van der Waals surface area contributed by atoms with Gasteiger partial charge in [-0.2, -0.15) is 0 Å². The van der Waals surface area contributed by atoms with Gasteiger partial charge in [-0.05, 0) is 38.2 Å². The normalized spacial score (nSPS) is 14.2. The highest BCUT2D eigenvalue weighted by Gasteiger charge is 2.18. The molecule has 0 fully saturated rings. The Morgan fingerprint density at radius 1 is 1.26 bits per heavy atom. The van der Waals surface area contributed by atoms with E-state index in [4.69, 9.17) is 9.40 Å². The highest BCUT2D eigenvalue weighted by molar-refractivity contribution is 5.59. The molecule has 0 radical (unpaired) electrons. The van der Waals surface area contributed by atoms with Gasteiger partial charge in [0.2, 0.25) is 0 Å². The van der Waals surface area contributed by atoms with Gasteiger partial charge >= 0.3 is 0 Å². The van der Waals surface area contributed by atoms with E-state index in [0.29, 0.717) is 0 Å². The van der Waals surface area contributed by atoms with Crippen molar-refractivity contribution in [2.75, 3.05) is 11.9 Å². The number of hydrogen-bond acceptors (Lipinski definition) is 4. The summed E-state index contributed by atoms with van der Waals surface area (Å²) in [5.74, 6) is 1.79. The molecule has 0 bridgehead atoms.